The first-order valence-electron chi connectivity index (χ1n) is 4.42. The highest BCUT2D eigenvalue weighted by molar-refractivity contribution is 8.13. The number of hydrogen-bond donors (Lipinski definition) is 1. The Balaban J connectivity index is 2.86. The molecule has 0 fully saturated rings. The summed E-state index contributed by atoms with van der Waals surface area (Å²) in [7, 11) is 1.48. The molecule has 0 unspecified atom stereocenters. The molecule has 0 saturated heterocycles. The summed E-state index contributed by atoms with van der Waals surface area (Å²) < 4.78 is 22.3. The lowest BCUT2D eigenvalue weighted by molar-refractivity contribution is 0.479. The number of aryl methyl sites for hydroxylation is 1. The second-order valence-corrected chi connectivity index (χ2v) is 5.94. The minimum Gasteiger partial charge on any atom is -0.506 e. The number of nitrogens with zero attached hydrogens (tertiary/aromatic N) is 1. The first-order valence-corrected chi connectivity index (χ1v) is 6.73. The van der Waals surface area contributed by atoms with Crippen molar-refractivity contribution in [3.63, 3.8) is 0 Å². The summed E-state index contributed by atoms with van der Waals surface area (Å²) in [4.78, 5) is 3.94. The van der Waals surface area contributed by atoms with Gasteiger partial charge in [-0.1, -0.05) is 0 Å². The molecular weight excluding hydrogens is 250 g/mol. The van der Waals surface area contributed by atoms with Gasteiger partial charge in [-0.25, -0.2) is 8.42 Å². The molecule has 0 spiro atoms. The molecule has 0 radical (unpaired) electrons. The second kappa shape index (κ2) is 3.61. The van der Waals surface area contributed by atoms with E-state index in [1.807, 2.05) is 0 Å². The van der Waals surface area contributed by atoms with Gasteiger partial charge in [-0.15, -0.1) is 0 Å². The van der Waals surface area contributed by atoms with Crippen LogP contribution in [0.15, 0.2) is 29.3 Å². The fourth-order valence-electron chi connectivity index (χ4n) is 1.49. The Hall–Kier alpha value is -1.33. The van der Waals surface area contributed by atoms with Gasteiger partial charge in [0.15, 0.2) is 0 Å². The Morgan fingerprint density at radius 1 is 1.31 bits per heavy atom. The zero-order valence-corrected chi connectivity index (χ0v) is 9.88. The van der Waals surface area contributed by atoms with Crippen molar-refractivity contribution in [1.29, 1.82) is 0 Å². The predicted molar refractivity (Wildman–Crippen MR) is 61.2 cm³/mol. The maximum absolute atomic E-state index is 11.2. The van der Waals surface area contributed by atoms with E-state index < -0.39 is 9.05 Å². The molecule has 84 valence electrons. The lowest BCUT2D eigenvalue weighted by Gasteiger charge is -2.04. The van der Waals surface area contributed by atoms with Gasteiger partial charge >= 0.3 is 0 Å². The van der Waals surface area contributed by atoms with E-state index in [2.05, 4.69) is 4.98 Å². The van der Waals surface area contributed by atoms with Crippen LogP contribution < -0.4 is 0 Å². The highest BCUT2D eigenvalue weighted by Crippen LogP contribution is 2.28. The van der Waals surface area contributed by atoms with Crippen LogP contribution in [0.5, 0.6) is 5.75 Å². The fraction of sp³-hybridized carbons (Fsp3) is 0.100. The molecule has 1 N–H and O–H groups in total. The molecule has 1 heterocycles. The molecule has 0 atom stereocenters. The largest absolute Gasteiger partial charge is 0.506 e. The normalized spacial score (nSPS) is 11.9. The van der Waals surface area contributed by atoms with E-state index in [4.69, 9.17) is 10.7 Å². The molecule has 0 bridgehead atoms. The predicted octanol–water partition coefficient (Wildman–Crippen LogP) is 2.18. The van der Waals surface area contributed by atoms with Gasteiger partial charge in [-0.05, 0) is 25.1 Å². The number of benzene rings is 1. The molecule has 4 nitrogen and oxygen atoms in total. The third-order valence-corrected chi connectivity index (χ3v) is 3.67. The molecule has 16 heavy (non-hydrogen) atoms. The van der Waals surface area contributed by atoms with Gasteiger partial charge in [0, 0.05) is 27.1 Å². The van der Waals surface area contributed by atoms with Gasteiger partial charge in [0.05, 0.1) is 11.1 Å². The van der Waals surface area contributed by atoms with Crippen LogP contribution in [-0.2, 0) is 9.05 Å². The summed E-state index contributed by atoms with van der Waals surface area (Å²) >= 11 is 0. The van der Waals surface area contributed by atoms with E-state index >= 15 is 0 Å². The summed E-state index contributed by atoms with van der Waals surface area (Å²) in [5.41, 5.74) is 0.634. The highest BCUT2D eigenvalue weighted by Gasteiger charge is 2.12. The zero-order chi connectivity index (χ0) is 11.9. The van der Waals surface area contributed by atoms with Crippen molar-refractivity contribution in [1.82, 2.24) is 4.98 Å². The molecule has 0 saturated carbocycles. The SMILES string of the molecule is Cc1ncc(O)c2ccc(S(=O)(=O)Cl)cc12. The van der Waals surface area contributed by atoms with Crippen LogP contribution in [0.1, 0.15) is 5.69 Å². The molecule has 0 aliphatic rings. The van der Waals surface area contributed by atoms with Crippen LogP contribution in [0.4, 0.5) is 0 Å². The highest BCUT2D eigenvalue weighted by atomic mass is 35.7. The summed E-state index contributed by atoms with van der Waals surface area (Å²) in [6, 6.07) is 4.26. The lowest BCUT2D eigenvalue weighted by Crippen LogP contribution is -1.92. The number of fused-ring (bicyclic) bond motifs is 1. The number of pyridine rings is 1. The molecular formula is C10H8ClNO3S. The Kier molecular flexibility index (Phi) is 2.52. The maximum atomic E-state index is 11.2. The molecule has 6 heteroatoms. The second-order valence-electron chi connectivity index (χ2n) is 3.37. The van der Waals surface area contributed by atoms with Crippen molar-refractivity contribution in [3.8, 4) is 5.75 Å². The average molecular weight is 258 g/mol. The number of rotatable bonds is 1. The maximum Gasteiger partial charge on any atom is 0.261 e. The fourth-order valence-corrected chi connectivity index (χ4v) is 2.27. The summed E-state index contributed by atoms with van der Waals surface area (Å²) in [6.45, 7) is 1.73. The number of aromatic hydroxyl groups is 1. The van der Waals surface area contributed by atoms with Gasteiger partial charge in [-0.2, -0.15) is 0 Å². The monoisotopic (exact) mass is 257 g/mol. The molecule has 2 rings (SSSR count). The van der Waals surface area contributed by atoms with Crippen LogP contribution in [-0.4, -0.2) is 18.5 Å². The van der Waals surface area contributed by atoms with E-state index in [1.54, 1.807) is 6.92 Å². The molecule has 0 aliphatic heterocycles. The number of aromatic nitrogens is 1. The zero-order valence-electron chi connectivity index (χ0n) is 8.31. The van der Waals surface area contributed by atoms with E-state index in [0.717, 1.165) is 0 Å². The van der Waals surface area contributed by atoms with E-state index in [1.165, 1.54) is 24.4 Å². The third kappa shape index (κ3) is 1.83. The van der Waals surface area contributed by atoms with Crippen molar-refractivity contribution in [3.05, 3.63) is 30.1 Å². The first-order chi connectivity index (χ1) is 7.39. The molecule has 2 aromatic rings. The Bertz CT molecular complexity index is 667. The summed E-state index contributed by atoms with van der Waals surface area (Å²) in [5, 5.41) is 10.7. The van der Waals surface area contributed by atoms with Crippen molar-refractivity contribution >= 4 is 30.5 Å². The standard InChI is InChI=1S/C10H8ClNO3S/c1-6-9-4-7(16(11,14)15)2-3-8(9)10(13)5-12-6/h2-5,13H,1H3. The average Bonchev–Trinajstić information content (AvgIpc) is 2.22. The summed E-state index contributed by atoms with van der Waals surface area (Å²) in [6.07, 6.45) is 1.33. The molecule has 1 aromatic carbocycles. The quantitative estimate of drug-likeness (QED) is 0.795. The topological polar surface area (TPSA) is 67.3 Å². The van der Waals surface area contributed by atoms with Gasteiger partial charge in [0.25, 0.3) is 9.05 Å². The van der Waals surface area contributed by atoms with Crippen molar-refractivity contribution < 1.29 is 13.5 Å². The van der Waals surface area contributed by atoms with Gasteiger partial charge in [0.2, 0.25) is 0 Å². The minimum absolute atomic E-state index is 0.00262. The third-order valence-electron chi connectivity index (χ3n) is 2.32. The van der Waals surface area contributed by atoms with E-state index in [9.17, 15) is 13.5 Å². The lowest BCUT2D eigenvalue weighted by atomic mass is 10.1. The Morgan fingerprint density at radius 2 is 2.00 bits per heavy atom. The van der Waals surface area contributed by atoms with E-state index in [0.29, 0.717) is 16.5 Å². The van der Waals surface area contributed by atoms with Crippen LogP contribution >= 0.6 is 10.7 Å². The van der Waals surface area contributed by atoms with Crippen LogP contribution in [0.25, 0.3) is 10.8 Å². The van der Waals surface area contributed by atoms with E-state index in [-0.39, 0.29) is 10.6 Å². The Morgan fingerprint density at radius 3 is 2.62 bits per heavy atom. The number of hydrogen-bond acceptors (Lipinski definition) is 4. The molecule has 0 aliphatic carbocycles. The van der Waals surface area contributed by atoms with Crippen LogP contribution in [0.2, 0.25) is 0 Å². The van der Waals surface area contributed by atoms with Crippen molar-refractivity contribution in [2.45, 2.75) is 11.8 Å². The first kappa shape index (κ1) is 11.2. The number of halogens is 1. The van der Waals surface area contributed by atoms with Gasteiger partial charge in [0.1, 0.15) is 5.75 Å². The van der Waals surface area contributed by atoms with Crippen LogP contribution in [0, 0.1) is 6.92 Å². The molecule has 0 amide bonds. The Labute approximate surface area is 96.9 Å². The van der Waals surface area contributed by atoms with Gasteiger partial charge in [-0.3, -0.25) is 4.98 Å². The summed E-state index contributed by atoms with van der Waals surface area (Å²) in [5.74, 6) is 0.0131. The minimum atomic E-state index is -3.76. The molecule has 1 aromatic heterocycles. The smallest absolute Gasteiger partial charge is 0.261 e. The van der Waals surface area contributed by atoms with Crippen molar-refractivity contribution in [2.24, 2.45) is 0 Å². The van der Waals surface area contributed by atoms with Crippen LogP contribution in [0.3, 0.4) is 0 Å². The van der Waals surface area contributed by atoms with Gasteiger partial charge < -0.3 is 5.11 Å². The van der Waals surface area contributed by atoms with Crippen molar-refractivity contribution in [2.75, 3.05) is 0 Å².